The summed E-state index contributed by atoms with van der Waals surface area (Å²) in [5.41, 5.74) is 2.90. The maximum Gasteiger partial charge on any atom is -0.0135 e. The first-order valence-electron chi connectivity index (χ1n) is 5.63. The molecule has 0 rings (SSSR count). The van der Waals surface area contributed by atoms with Crippen molar-refractivity contribution in [3.8, 4) is 0 Å². The van der Waals surface area contributed by atoms with Crippen LogP contribution in [0.15, 0.2) is 36.0 Å². The van der Waals surface area contributed by atoms with Crippen LogP contribution in [0, 0.1) is 10.8 Å². The Morgan fingerprint density at radius 1 is 0.867 bits per heavy atom. The molecule has 0 aromatic rings. The molecule has 0 N–H and O–H groups in total. The Balaban J connectivity index is 4.75. The van der Waals surface area contributed by atoms with Crippen molar-refractivity contribution in [2.75, 3.05) is 0 Å². The van der Waals surface area contributed by atoms with Crippen LogP contribution in [-0.2, 0) is 0 Å². The van der Waals surface area contributed by atoms with Crippen molar-refractivity contribution in [2.45, 2.75) is 48.5 Å². The van der Waals surface area contributed by atoms with Crippen LogP contribution in [0.2, 0.25) is 0 Å². The van der Waals surface area contributed by atoms with Crippen LogP contribution >= 0.6 is 0 Å². The minimum absolute atomic E-state index is 0.160. The topological polar surface area (TPSA) is 0 Å². The second-order valence-corrected chi connectivity index (χ2v) is 6.10. The molecule has 0 aromatic carbocycles. The zero-order valence-electron chi connectivity index (χ0n) is 11.4. The first-order chi connectivity index (χ1) is 6.59. The molecule has 0 spiro atoms. The van der Waals surface area contributed by atoms with Gasteiger partial charge in [0.2, 0.25) is 0 Å². The van der Waals surface area contributed by atoms with Crippen molar-refractivity contribution >= 4 is 0 Å². The highest BCUT2D eigenvalue weighted by Gasteiger charge is 2.15. The van der Waals surface area contributed by atoms with Crippen LogP contribution in [0.3, 0.4) is 0 Å². The largest absolute Gasteiger partial charge is 0.0953 e. The molecule has 0 aliphatic carbocycles. The van der Waals surface area contributed by atoms with Crippen molar-refractivity contribution in [1.29, 1.82) is 0 Å². The van der Waals surface area contributed by atoms with Crippen LogP contribution in [0.5, 0.6) is 0 Å². The first-order valence-corrected chi connectivity index (χ1v) is 5.63. The van der Waals surface area contributed by atoms with E-state index in [4.69, 9.17) is 0 Å². The van der Waals surface area contributed by atoms with Crippen LogP contribution in [0.1, 0.15) is 48.5 Å². The van der Waals surface area contributed by atoms with Crippen LogP contribution in [0.25, 0.3) is 0 Å². The standard InChI is InChI=1S/C15H26/c1-9-13(15(6,7)8)11-10-12(2)14(3,4)5/h9-11H,2H2,1,3-8H3/b11-10-,13-9+. The van der Waals surface area contributed by atoms with E-state index in [1.807, 2.05) is 0 Å². The highest BCUT2D eigenvalue weighted by atomic mass is 14.2. The van der Waals surface area contributed by atoms with Gasteiger partial charge in [-0.25, -0.2) is 0 Å². The van der Waals surface area contributed by atoms with E-state index in [1.165, 1.54) is 11.1 Å². The average Bonchev–Trinajstić information content (AvgIpc) is 2.00. The van der Waals surface area contributed by atoms with E-state index >= 15 is 0 Å². The molecule has 15 heavy (non-hydrogen) atoms. The summed E-state index contributed by atoms with van der Waals surface area (Å²) in [6.07, 6.45) is 6.50. The van der Waals surface area contributed by atoms with Crippen molar-refractivity contribution in [2.24, 2.45) is 10.8 Å². The Labute approximate surface area is 95.8 Å². The molecule has 0 heteroatoms. The second kappa shape index (κ2) is 4.83. The summed E-state index contributed by atoms with van der Waals surface area (Å²) >= 11 is 0. The van der Waals surface area contributed by atoms with Gasteiger partial charge < -0.3 is 0 Å². The predicted octanol–water partition coefficient (Wildman–Crippen LogP) is 5.14. The molecule has 0 amide bonds. The van der Waals surface area contributed by atoms with E-state index in [2.05, 4.69) is 73.3 Å². The minimum atomic E-state index is 0.160. The van der Waals surface area contributed by atoms with Gasteiger partial charge in [-0.3, -0.25) is 0 Å². The predicted molar refractivity (Wildman–Crippen MR) is 70.9 cm³/mol. The molecular formula is C15H26. The quantitative estimate of drug-likeness (QED) is 0.549. The third-order valence-electron chi connectivity index (χ3n) is 2.60. The van der Waals surface area contributed by atoms with Crippen LogP contribution in [-0.4, -0.2) is 0 Å². The molecular weight excluding hydrogens is 180 g/mol. The highest BCUT2D eigenvalue weighted by Crippen LogP contribution is 2.29. The van der Waals surface area contributed by atoms with Gasteiger partial charge in [0.1, 0.15) is 0 Å². The van der Waals surface area contributed by atoms with Gasteiger partial charge in [0.25, 0.3) is 0 Å². The van der Waals surface area contributed by atoms with E-state index in [1.54, 1.807) is 0 Å². The number of hydrogen-bond acceptors (Lipinski definition) is 0. The Hall–Kier alpha value is -0.780. The lowest BCUT2D eigenvalue weighted by Crippen LogP contribution is -2.09. The maximum absolute atomic E-state index is 4.10. The van der Waals surface area contributed by atoms with E-state index in [-0.39, 0.29) is 10.8 Å². The summed E-state index contributed by atoms with van der Waals surface area (Å²) in [7, 11) is 0. The normalized spacial score (nSPS) is 14.7. The zero-order chi connectivity index (χ0) is 12.3. The van der Waals surface area contributed by atoms with Crippen LogP contribution in [0.4, 0.5) is 0 Å². The molecule has 0 nitrogen and oxygen atoms in total. The molecule has 0 unspecified atom stereocenters. The molecule has 0 atom stereocenters. The lowest BCUT2D eigenvalue weighted by atomic mass is 9.83. The fourth-order valence-electron chi connectivity index (χ4n) is 1.22. The van der Waals surface area contributed by atoms with E-state index in [0.29, 0.717) is 0 Å². The first kappa shape index (κ1) is 14.2. The summed E-state index contributed by atoms with van der Waals surface area (Å²) in [6, 6.07) is 0. The molecule has 0 heterocycles. The summed E-state index contributed by atoms with van der Waals surface area (Å²) < 4.78 is 0. The van der Waals surface area contributed by atoms with Crippen molar-refractivity contribution in [3.05, 3.63) is 36.0 Å². The Kier molecular flexibility index (Phi) is 4.58. The Bertz CT molecular complexity index is 274. The minimum Gasteiger partial charge on any atom is -0.0953 e. The van der Waals surface area contributed by atoms with Gasteiger partial charge in [0, 0.05) is 0 Å². The third kappa shape index (κ3) is 5.01. The molecule has 0 fully saturated rings. The molecule has 0 aliphatic heterocycles. The fourth-order valence-corrected chi connectivity index (χ4v) is 1.22. The van der Waals surface area contributed by atoms with Gasteiger partial charge in [-0.1, -0.05) is 66.3 Å². The number of rotatable bonds is 2. The average molecular weight is 206 g/mol. The summed E-state index contributed by atoms with van der Waals surface area (Å²) in [5.74, 6) is 0. The summed E-state index contributed by atoms with van der Waals surface area (Å²) in [6.45, 7) is 19.4. The van der Waals surface area contributed by atoms with E-state index < -0.39 is 0 Å². The smallest absolute Gasteiger partial charge is 0.0135 e. The third-order valence-corrected chi connectivity index (χ3v) is 2.60. The van der Waals surface area contributed by atoms with Crippen molar-refractivity contribution < 1.29 is 0 Å². The van der Waals surface area contributed by atoms with E-state index in [0.717, 1.165) is 0 Å². The van der Waals surface area contributed by atoms with Gasteiger partial charge in [0.05, 0.1) is 0 Å². The Morgan fingerprint density at radius 2 is 1.33 bits per heavy atom. The SMILES string of the molecule is C=C(/C=C\C(=C/C)C(C)(C)C)C(C)(C)C. The van der Waals surface area contributed by atoms with E-state index in [9.17, 15) is 0 Å². The fraction of sp³-hybridized carbons (Fsp3) is 0.600. The van der Waals surface area contributed by atoms with Crippen molar-refractivity contribution in [3.63, 3.8) is 0 Å². The van der Waals surface area contributed by atoms with Gasteiger partial charge in [0.15, 0.2) is 0 Å². The molecule has 0 radical (unpaired) electrons. The molecule has 0 saturated carbocycles. The highest BCUT2D eigenvalue weighted by molar-refractivity contribution is 5.31. The molecule has 0 aliphatic rings. The number of allylic oxidation sites excluding steroid dienone is 5. The van der Waals surface area contributed by atoms with Crippen molar-refractivity contribution in [1.82, 2.24) is 0 Å². The summed E-state index contributed by atoms with van der Waals surface area (Å²) in [4.78, 5) is 0. The molecule has 0 aromatic heterocycles. The van der Waals surface area contributed by atoms with Crippen LogP contribution < -0.4 is 0 Å². The lowest BCUT2D eigenvalue weighted by Gasteiger charge is -2.22. The summed E-state index contributed by atoms with van der Waals surface area (Å²) in [5, 5.41) is 0. The Morgan fingerprint density at radius 3 is 1.60 bits per heavy atom. The van der Waals surface area contributed by atoms with Gasteiger partial charge in [-0.05, 0) is 28.9 Å². The maximum atomic E-state index is 4.10. The van der Waals surface area contributed by atoms with Gasteiger partial charge >= 0.3 is 0 Å². The monoisotopic (exact) mass is 206 g/mol. The van der Waals surface area contributed by atoms with Gasteiger partial charge in [-0.15, -0.1) is 0 Å². The lowest BCUT2D eigenvalue weighted by molar-refractivity contribution is 0.510. The second-order valence-electron chi connectivity index (χ2n) is 6.10. The molecule has 0 saturated heterocycles. The van der Waals surface area contributed by atoms with Gasteiger partial charge in [-0.2, -0.15) is 0 Å². The number of hydrogen-bond donors (Lipinski definition) is 0. The molecule has 0 bridgehead atoms. The zero-order valence-corrected chi connectivity index (χ0v) is 11.4. The molecule has 86 valence electrons.